The summed E-state index contributed by atoms with van der Waals surface area (Å²) in [6.45, 7) is 5.64. The highest BCUT2D eigenvalue weighted by atomic mass is 16.5. The van der Waals surface area contributed by atoms with Crippen molar-refractivity contribution in [1.82, 2.24) is 10.6 Å². The monoisotopic (exact) mass is 472 g/mol. The van der Waals surface area contributed by atoms with Gasteiger partial charge in [0.05, 0.1) is 13.5 Å². The van der Waals surface area contributed by atoms with Crippen LogP contribution in [0.3, 0.4) is 0 Å². The first-order valence-electron chi connectivity index (χ1n) is 12.4. The fraction of sp³-hybridized carbons (Fsp3) is 0.367. The lowest BCUT2D eigenvalue weighted by Gasteiger charge is -2.32. The maximum absolute atomic E-state index is 11.7. The van der Waals surface area contributed by atoms with E-state index in [1.54, 1.807) is 7.11 Å². The summed E-state index contributed by atoms with van der Waals surface area (Å²) in [6, 6.07) is 27.4. The van der Waals surface area contributed by atoms with E-state index in [0.29, 0.717) is 19.0 Å². The summed E-state index contributed by atoms with van der Waals surface area (Å²) in [7, 11) is 1.70. The van der Waals surface area contributed by atoms with Crippen molar-refractivity contribution in [2.45, 2.75) is 50.7 Å². The molecule has 4 rings (SSSR count). The lowest BCUT2D eigenvalue weighted by atomic mass is 9.80. The van der Waals surface area contributed by atoms with E-state index in [1.165, 1.54) is 16.7 Å². The summed E-state index contributed by atoms with van der Waals surface area (Å²) in [5.74, 6) is 0.576. The minimum Gasteiger partial charge on any atom is -0.496 e. The number of carboxylic acid groups (broad SMARTS) is 1. The van der Waals surface area contributed by atoms with Crippen molar-refractivity contribution in [3.05, 3.63) is 101 Å². The van der Waals surface area contributed by atoms with Crippen molar-refractivity contribution in [3.63, 3.8) is 0 Å². The number of methoxy groups -OCH3 is 1. The van der Waals surface area contributed by atoms with Gasteiger partial charge >= 0.3 is 5.97 Å². The van der Waals surface area contributed by atoms with Gasteiger partial charge in [-0.15, -0.1) is 0 Å². The zero-order valence-electron chi connectivity index (χ0n) is 20.8. The van der Waals surface area contributed by atoms with Crippen LogP contribution in [-0.4, -0.2) is 36.8 Å². The van der Waals surface area contributed by atoms with E-state index in [-0.39, 0.29) is 30.3 Å². The second-order valence-electron chi connectivity index (χ2n) is 9.72. The molecule has 1 aliphatic heterocycles. The van der Waals surface area contributed by atoms with Gasteiger partial charge < -0.3 is 20.5 Å². The lowest BCUT2D eigenvalue weighted by Crippen LogP contribution is -2.47. The van der Waals surface area contributed by atoms with Crippen molar-refractivity contribution in [1.29, 1.82) is 0 Å². The van der Waals surface area contributed by atoms with Gasteiger partial charge in [-0.1, -0.05) is 86.6 Å². The molecule has 3 aromatic carbocycles. The lowest BCUT2D eigenvalue weighted by molar-refractivity contribution is -0.138. The van der Waals surface area contributed by atoms with Gasteiger partial charge in [0.2, 0.25) is 0 Å². The predicted molar refractivity (Wildman–Crippen MR) is 140 cm³/mol. The first-order chi connectivity index (χ1) is 17.0. The normalized spacial score (nSPS) is 19.9. The standard InChI is InChI=1S/C30H36N2O3/c1-20(2)23-14-15-26(35-3)24(16-23)18-31-29-25(17-27(33)34)19-32-30(29)28(21-10-6-4-7-11-21)22-12-8-5-9-13-22/h4-16,20,25,28-32H,17-19H2,1-3H3,(H,33,34). The molecule has 0 spiro atoms. The molecule has 1 heterocycles. The largest absolute Gasteiger partial charge is 0.496 e. The Balaban J connectivity index is 1.67. The maximum atomic E-state index is 11.7. The molecular formula is C30H36N2O3. The van der Waals surface area contributed by atoms with Gasteiger partial charge in [0.1, 0.15) is 5.75 Å². The molecule has 5 nitrogen and oxygen atoms in total. The van der Waals surface area contributed by atoms with Crippen LogP contribution in [-0.2, 0) is 11.3 Å². The molecule has 5 heteroatoms. The summed E-state index contributed by atoms with van der Waals surface area (Å²) in [4.78, 5) is 11.7. The number of ether oxygens (including phenoxy) is 1. The Morgan fingerprint density at radius 3 is 2.17 bits per heavy atom. The number of aliphatic carboxylic acids is 1. The van der Waals surface area contributed by atoms with E-state index < -0.39 is 5.97 Å². The van der Waals surface area contributed by atoms with Crippen LogP contribution in [0, 0.1) is 5.92 Å². The van der Waals surface area contributed by atoms with E-state index in [9.17, 15) is 9.90 Å². The number of hydrogen-bond acceptors (Lipinski definition) is 4. The second-order valence-corrected chi connectivity index (χ2v) is 9.72. The highest BCUT2D eigenvalue weighted by molar-refractivity contribution is 5.67. The third-order valence-corrected chi connectivity index (χ3v) is 7.12. The summed E-state index contributed by atoms with van der Waals surface area (Å²) in [5, 5.41) is 17.1. The van der Waals surface area contributed by atoms with Gasteiger partial charge in [-0.3, -0.25) is 4.79 Å². The molecule has 3 aromatic rings. The SMILES string of the molecule is COc1ccc(C(C)C)cc1CNC1C(CC(=O)O)CNC1C(c1ccccc1)c1ccccc1. The number of rotatable bonds is 10. The van der Waals surface area contributed by atoms with Crippen LogP contribution in [0.25, 0.3) is 0 Å². The second kappa shape index (κ2) is 11.5. The molecule has 1 fully saturated rings. The van der Waals surface area contributed by atoms with Crippen LogP contribution in [0.1, 0.15) is 54.4 Å². The Labute approximate surface area is 208 Å². The third-order valence-electron chi connectivity index (χ3n) is 7.12. The Morgan fingerprint density at radius 1 is 1.00 bits per heavy atom. The van der Waals surface area contributed by atoms with E-state index >= 15 is 0 Å². The molecule has 35 heavy (non-hydrogen) atoms. The van der Waals surface area contributed by atoms with E-state index in [1.807, 2.05) is 18.2 Å². The predicted octanol–water partition coefficient (Wildman–Crippen LogP) is 5.17. The first-order valence-corrected chi connectivity index (χ1v) is 12.4. The summed E-state index contributed by atoms with van der Waals surface area (Å²) >= 11 is 0. The van der Waals surface area contributed by atoms with Crippen molar-refractivity contribution in [2.75, 3.05) is 13.7 Å². The molecule has 184 valence electrons. The molecule has 0 aromatic heterocycles. The molecule has 0 amide bonds. The molecule has 0 saturated carbocycles. The molecule has 0 bridgehead atoms. The number of carbonyl (C=O) groups is 1. The fourth-order valence-electron chi connectivity index (χ4n) is 5.33. The van der Waals surface area contributed by atoms with E-state index in [0.717, 1.165) is 11.3 Å². The Morgan fingerprint density at radius 2 is 1.63 bits per heavy atom. The summed E-state index contributed by atoms with van der Waals surface area (Å²) in [6.07, 6.45) is 0.126. The zero-order valence-corrected chi connectivity index (χ0v) is 20.8. The maximum Gasteiger partial charge on any atom is 0.303 e. The topological polar surface area (TPSA) is 70.6 Å². The molecule has 3 atom stereocenters. The van der Waals surface area contributed by atoms with Crippen LogP contribution in [0.4, 0.5) is 0 Å². The van der Waals surface area contributed by atoms with Crippen LogP contribution in [0.15, 0.2) is 78.9 Å². The summed E-state index contributed by atoms with van der Waals surface area (Å²) < 4.78 is 5.65. The van der Waals surface area contributed by atoms with Gasteiger partial charge in [0.25, 0.3) is 0 Å². The van der Waals surface area contributed by atoms with Gasteiger partial charge in [0.15, 0.2) is 0 Å². The molecule has 3 N–H and O–H groups in total. The van der Waals surface area contributed by atoms with Gasteiger partial charge in [-0.05, 0) is 34.6 Å². The third kappa shape index (κ3) is 5.92. The van der Waals surface area contributed by atoms with Crippen LogP contribution >= 0.6 is 0 Å². The van der Waals surface area contributed by atoms with Crippen LogP contribution < -0.4 is 15.4 Å². The minimum atomic E-state index is -0.764. The van der Waals surface area contributed by atoms with E-state index in [4.69, 9.17) is 4.74 Å². The molecule has 0 aliphatic carbocycles. The fourth-order valence-corrected chi connectivity index (χ4v) is 5.33. The molecule has 0 radical (unpaired) electrons. The van der Waals surface area contributed by atoms with Gasteiger partial charge in [-0.25, -0.2) is 0 Å². The minimum absolute atomic E-state index is 0.0216. The van der Waals surface area contributed by atoms with Crippen molar-refractivity contribution in [3.8, 4) is 5.75 Å². The zero-order chi connectivity index (χ0) is 24.8. The van der Waals surface area contributed by atoms with E-state index in [2.05, 4.69) is 85.1 Å². The van der Waals surface area contributed by atoms with Crippen molar-refractivity contribution < 1.29 is 14.6 Å². The molecular weight excluding hydrogens is 436 g/mol. The average molecular weight is 473 g/mol. The quantitative estimate of drug-likeness (QED) is 0.380. The molecule has 1 aliphatic rings. The number of hydrogen-bond donors (Lipinski definition) is 3. The van der Waals surface area contributed by atoms with Crippen LogP contribution in [0.2, 0.25) is 0 Å². The number of carboxylic acids is 1. The number of nitrogens with one attached hydrogen (secondary N) is 2. The van der Waals surface area contributed by atoms with Crippen molar-refractivity contribution >= 4 is 5.97 Å². The number of benzene rings is 3. The van der Waals surface area contributed by atoms with Crippen molar-refractivity contribution in [2.24, 2.45) is 5.92 Å². The highest BCUT2D eigenvalue weighted by Crippen LogP contribution is 2.35. The molecule has 1 saturated heterocycles. The van der Waals surface area contributed by atoms with Gasteiger partial charge in [0, 0.05) is 36.7 Å². The summed E-state index contributed by atoms with van der Waals surface area (Å²) in [5.41, 5.74) is 4.79. The smallest absolute Gasteiger partial charge is 0.303 e. The van der Waals surface area contributed by atoms with Gasteiger partial charge in [-0.2, -0.15) is 0 Å². The highest BCUT2D eigenvalue weighted by Gasteiger charge is 2.41. The Hall–Kier alpha value is -3.15. The Bertz CT molecular complexity index is 1060. The van der Waals surface area contributed by atoms with Crippen LogP contribution in [0.5, 0.6) is 5.75 Å². The average Bonchev–Trinajstić information content (AvgIpc) is 3.25. The molecule has 3 unspecified atom stereocenters. The first kappa shape index (κ1) is 25.0. The Kier molecular flexibility index (Phi) is 8.21.